The Morgan fingerprint density at radius 2 is 2.20 bits per heavy atom. The van der Waals surface area contributed by atoms with Crippen LogP contribution >= 0.6 is 23.6 Å². The molecule has 3 N–H and O–H groups in total. The zero-order valence-corrected chi connectivity index (χ0v) is 15.7. The number of phenols is 1. The molecular weight excluding hydrogens is 356 g/mol. The number of ether oxygens (including phenoxy) is 1. The molecule has 0 saturated carbocycles. The zero-order chi connectivity index (χ0) is 18.0. The maximum Gasteiger partial charge on any atom is 0.341 e. The van der Waals surface area contributed by atoms with Gasteiger partial charge in [-0.1, -0.05) is 13.0 Å². The predicted octanol–water partition coefficient (Wildman–Crippen LogP) is 4.17. The Hall–Kier alpha value is -2.12. The molecule has 7 heteroatoms. The van der Waals surface area contributed by atoms with E-state index in [2.05, 4.69) is 17.6 Å². The van der Waals surface area contributed by atoms with Crippen LogP contribution in [0.3, 0.4) is 0 Å². The zero-order valence-electron chi connectivity index (χ0n) is 14.1. The van der Waals surface area contributed by atoms with Gasteiger partial charge >= 0.3 is 5.97 Å². The van der Waals surface area contributed by atoms with E-state index in [1.54, 1.807) is 35.6 Å². The summed E-state index contributed by atoms with van der Waals surface area (Å²) in [6.07, 6.45) is 2.92. The van der Waals surface area contributed by atoms with E-state index in [9.17, 15) is 9.90 Å². The summed E-state index contributed by atoms with van der Waals surface area (Å²) in [6.45, 7) is 2.22. The number of nitrogens with one attached hydrogen (secondary N) is 2. The fourth-order valence-corrected chi connectivity index (χ4v) is 4.69. The molecule has 1 heterocycles. The molecule has 1 atom stereocenters. The van der Waals surface area contributed by atoms with Gasteiger partial charge in [-0.25, -0.2) is 4.79 Å². The van der Waals surface area contributed by atoms with Crippen LogP contribution < -0.4 is 10.6 Å². The maximum absolute atomic E-state index is 12.3. The number of hydrogen-bond donors (Lipinski definition) is 3. The summed E-state index contributed by atoms with van der Waals surface area (Å²) in [5.74, 6) is 0.431. The van der Waals surface area contributed by atoms with Crippen molar-refractivity contribution in [3.63, 3.8) is 0 Å². The van der Waals surface area contributed by atoms with E-state index in [1.807, 2.05) is 0 Å². The highest BCUT2D eigenvalue weighted by Crippen LogP contribution is 2.40. The third kappa shape index (κ3) is 3.93. The van der Waals surface area contributed by atoms with Gasteiger partial charge in [0, 0.05) is 16.6 Å². The van der Waals surface area contributed by atoms with Crippen LogP contribution in [0.15, 0.2) is 24.3 Å². The van der Waals surface area contributed by atoms with E-state index >= 15 is 0 Å². The molecule has 0 saturated heterocycles. The Bertz CT molecular complexity index is 817. The lowest BCUT2D eigenvalue weighted by atomic mass is 9.88. The van der Waals surface area contributed by atoms with Crippen LogP contribution in [0.2, 0.25) is 0 Å². The van der Waals surface area contributed by atoms with Gasteiger partial charge in [-0.05, 0) is 55.1 Å². The number of carbonyl (C=O) groups is 1. The van der Waals surface area contributed by atoms with Gasteiger partial charge < -0.3 is 20.5 Å². The van der Waals surface area contributed by atoms with Crippen LogP contribution in [0, 0.1) is 5.92 Å². The van der Waals surface area contributed by atoms with Gasteiger partial charge in [-0.2, -0.15) is 0 Å². The number of hydrogen-bond acceptors (Lipinski definition) is 5. The number of anilines is 2. The van der Waals surface area contributed by atoms with Crippen LogP contribution in [0.1, 0.15) is 34.1 Å². The third-order valence-electron chi connectivity index (χ3n) is 4.23. The molecule has 132 valence electrons. The number of thiophene rings is 1. The molecule has 1 aromatic heterocycles. The van der Waals surface area contributed by atoms with Crippen LogP contribution in [0.4, 0.5) is 10.7 Å². The van der Waals surface area contributed by atoms with Crippen molar-refractivity contribution in [3.05, 3.63) is 40.3 Å². The standard InChI is InChI=1S/C18H20N2O3S2/c1-10-6-7-13-14(8-10)25-16(15(13)17(22)23-2)20-18(24)19-11-4-3-5-12(21)9-11/h3-5,9-10,21H,6-8H2,1-2H3,(H2,19,20,24)/t10-/m0/s1. The van der Waals surface area contributed by atoms with Crippen molar-refractivity contribution in [1.29, 1.82) is 0 Å². The van der Waals surface area contributed by atoms with Crippen molar-refractivity contribution in [2.24, 2.45) is 5.92 Å². The second-order valence-corrected chi connectivity index (χ2v) is 7.69. The molecule has 0 spiro atoms. The third-order valence-corrected chi connectivity index (χ3v) is 5.61. The number of thiocarbonyl (C=S) groups is 1. The molecule has 0 unspecified atom stereocenters. The molecule has 25 heavy (non-hydrogen) atoms. The Labute approximate surface area is 156 Å². The summed E-state index contributed by atoms with van der Waals surface area (Å²) >= 11 is 6.92. The van der Waals surface area contributed by atoms with Gasteiger partial charge in [-0.3, -0.25) is 0 Å². The lowest BCUT2D eigenvalue weighted by Crippen LogP contribution is -2.20. The Morgan fingerprint density at radius 3 is 2.92 bits per heavy atom. The van der Waals surface area contributed by atoms with Crippen LogP contribution in [0.5, 0.6) is 5.75 Å². The van der Waals surface area contributed by atoms with Gasteiger partial charge in [-0.15, -0.1) is 11.3 Å². The van der Waals surface area contributed by atoms with Gasteiger partial charge in [0.2, 0.25) is 0 Å². The largest absolute Gasteiger partial charge is 0.508 e. The molecule has 1 aliphatic carbocycles. The first-order chi connectivity index (χ1) is 12.0. The lowest BCUT2D eigenvalue weighted by molar-refractivity contribution is 0.0601. The number of methoxy groups -OCH3 is 1. The van der Waals surface area contributed by atoms with Crippen molar-refractivity contribution in [1.82, 2.24) is 0 Å². The number of rotatable bonds is 3. The molecule has 1 aromatic carbocycles. The van der Waals surface area contributed by atoms with E-state index in [0.717, 1.165) is 24.8 Å². The first-order valence-electron chi connectivity index (χ1n) is 8.07. The van der Waals surface area contributed by atoms with Gasteiger partial charge in [0.25, 0.3) is 0 Å². The van der Waals surface area contributed by atoms with Gasteiger partial charge in [0.05, 0.1) is 12.7 Å². The maximum atomic E-state index is 12.3. The predicted molar refractivity (Wildman–Crippen MR) is 105 cm³/mol. The van der Waals surface area contributed by atoms with E-state index < -0.39 is 0 Å². The number of benzene rings is 1. The fourth-order valence-electron chi connectivity index (χ4n) is 3.01. The van der Waals surface area contributed by atoms with Crippen molar-refractivity contribution in [2.75, 3.05) is 17.7 Å². The first kappa shape index (κ1) is 17.7. The molecule has 1 aliphatic rings. The molecule has 3 rings (SSSR count). The summed E-state index contributed by atoms with van der Waals surface area (Å²) < 4.78 is 4.97. The molecule has 0 fully saturated rings. The van der Waals surface area contributed by atoms with Crippen molar-refractivity contribution in [2.45, 2.75) is 26.2 Å². The number of phenolic OH excluding ortho intramolecular Hbond substituents is 1. The van der Waals surface area contributed by atoms with Crippen LogP contribution in [-0.4, -0.2) is 23.3 Å². The Balaban J connectivity index is 1.84. The average Bonchev–Trinajstić information content (AvgIpc) is 2.90. The van der Waals surface area contributed by atoms with E-state index in [1.165, 1.54) is 12.0 Å². The molecule has 5 nitrogen and oxygen atoms in total. The number of esters is 1. The molecule has 2 aromatic rings. The first-order valence-corrected chi connectivity index (χ1v) is 9.30. The summed E-state index contributed by atoms with van der Waals surface area (Å²) in [7, 11) is 1.39. The molecular formula is C18H20N2O3S2. The number of fused-ring (bicyclic) bond motifs is 1. The minimum absolute atomic E-state index is 0.156. The SMILES string of the molecule is COC(=O)c1c(NC(=S)Nc2cccc(O)c2)sc2c1CC[C@H](C)C2. The molecule has 0 amide bonds. The molecule has 0 aliphatic heterocycles. The van der Waals surface area contributed by atoms with E-state index in [-0.39, 0.29) is 11.7 Å². The number of aromatic hydroxyl groups is 1. The monoisotopic (exact) mass is 376 g/mol. The topological polar surface area (TPSA) is 70.6 Å². The fraction of sp³-hybridized carbons (Fsp3) is 0.333. The van der Waals surface area contributed by atoms with Crippen molar-refractivity contribution < 1.29 is 14.6 Å². The smallest absolute Gasteiger partial charge is 0.341 e. The quantitative estimate of drug-likeness (QED) is 0.552. The van der Waals surface area contributed by atoms with Crippen LogP contribution in [-0.2, 0) is 17.6 Å². The molecule has 0 bridgehead atoms. The highest BCUT2D eigenvalue weighted by molar-refractivity contribution is 7.80. The lowest BCUT2D eigenvalue weighted by Gasteiger charge is -2.18. The minimum atomic E-state index is -0.338. The highest BCUT2D eigenvalue weighted by atomic mass is 32.1. The molecule has 0 radical (unpaired) electrons. The summed E-state index contributed by atoms with van der Waals surface area (Å²) in [4.78, 5) is 13.5. The van der Waals surface area contributed by atoms with E-state index in [0.29, 0.717) is 27.3 Å². The average molecular weight is 377 g/mol. The second-order valence-electron chi connectivity index (χ2n) is 6.18. The summed E-state index contributed by atoms with van der Waals surface area (Å²) in [6, 6.07) is 6.70. The van der Waals surface area contributed by atoms with Crippen molar-refractivity contribution in [3.8, 4) is 5.75 Å². The minimum Gasteiger partial charge on any atom is -0.508 e. The van der Waals surface area contributed by atoms with Crippen molar-refractivity contribution >= 4 is 45.3 Å². The second kappa shape index (κ2) is 7.41. The van der Waals surface area contributed by atoms with E-state index in [4.69, 9.17) is 17.0 Å². The van der Waals surface area contributed by atoms with Crippen LogP contribution in [0.25, 0.3) is 0 Å². The summed E-state index contributed by atoms with van der Waals surface area (Å²) in [5, 5.41) is 16.8. The Kier molecular flexibility index (Phi) is 5.24. The van der Waals surface area contributed by atoms with Gasteiger partial charge in [0.15, 0.2) is 5.11 Å². The van der Waals surface area contributed by atoms with Gasteiger partial charge in [0.1, 0.15) is 10.8 Å². The Morgan fingerprint density at radius 1 is 1.40 bits per heavy atom. The number of carbonyl (C=O) groups excluding carboxylic acids is 1. The normalized spacial score (nSPS) is 16.0. The highest BCUT2D eigenvalue weighted by Gasteiger charge is 2.28. The summed E-state index contributed by atoms with van der Waals surface area (Å²) in [5.41, 5.74) is 2.35.